The summed E-state index contributed by atoms with van der Waals surface area (Å²) >= 11 is 0. The molecule has 0 unspecified atom stereocenters. The van der Waals surface area contributed by atoms with Crippen molar-refractivity contribution in [3.05, 3.63) is 41.4 Å². The van der Waals surface area contributed by atoms with Crippen molar-refractivity contribution in [3.8, 4) is 12.0 Å². The van der Waals surface area contributed by atoms with Gasteiger partial charge in [-0.2, -0.15) is 5.26 Å². The normalized spacial score (nSPS) is 18.8. The summed E-state index contributed by atoms with van der Waals surface area (Å²) in [5.74, 6) is -1.04. The van der Waals surface area contributed by atoms with Crippen molar-refractivity contribution in [3.63, 3.8) is 0 Å². The van der Waals surface area contributed by atoms with Gasteiger partial charge in [0.25, 0.3) is 5.91 Å². The van der Waals surface area contributed by atoms with Crippen LogP contribution in [0, 0.1) is 18.3 Å². The topological polar surface area (TPSA) is 123 Å². The van der Waals surface area contributed by atoms with E-state index in [2.05, 4.69) is 0 Å². The molecular formula is C19H21N3O6S. The Kier molecular flexibility index (Phi) is 5.53. The lowest BCUT2D eigenvalue weighted by molar-refractivity contribution is -0.140. The lowest BCUT2D eigenvalue weighted by Gasteiger charge is -2.26. The average molecular weight is 419 g/mol. The average Bonchev–Trinajstić information content (AvgIpc) is 3.38. The van der Waals surface area contributed by atoms with Crippen molar-refractivity contribution in [2.75, 3.05) is 18.6 Å². The van der Waals surface area contributed by atoms with Gasteiger partial charge in [-0.3, -0.25) is 9.36 Å². The van der Waals surface area contributed by atoms with E-state index >= 15 is 0 Å². The number of nitrogens with zero attached hydrogens (tertiary/aromatic N) is 3. The van der Waals surface area contributed by atoms with Crippen LogP contribution in [-0.2, 0) is 19.4 Å². The molecule has 154 valence electrons. The van der Waals surface area contributed by atoms with E-state index in [1.54, 1.807) is 29.1 Å². The zero-order chi connectivity index (χ0) is 21.3. The largest absolute Gasteiger partial charge is 0.449 e. The Labute approximate surface area is 168 Å². The van der Waals surface area contributed by atoms with Crippen LogP contribution in [0.15, 0.2) is 28.9 Å². The molecule has 2 aromatic heterocycles. The van der Waals surface area contributed by atoms with Crippen molar-refractivity contribution in [2.24, 2.45) is 0 Å². The fraction of sp³-hybridized carbons (Fsp3) is 0.421. The van der Waals surface area contributed by atoms with E-state index < -0.39 is 33.9 Å². The van der Waals surface area contributed by atoms with Crippen LogP contribution in [0.4, 0.5) is 0 Å². The molecule has 1 aliphatic rings. The first-order valence-corrected chi connectivity index (χ1v) is 10.8. The van der Waals surface area contributed by atoms with Crippen LogP contribution in [0.1, 0.15) is 35.0 Å². The number of nitriles is 1. The molecule has 0 spiro atoms. The summed E-state index contributed by atoms with van der Waals surface area (Å²) in [4.78, 5) is 26.6. The second-order valence-corrected chi connectivity index (χ2v) is 9.20. The van der Waals surface area contributed by atoms with Crippen molar-refractivity contribution >= 4 is 21.7 Å². The molecule has 2 atom stereocenters. The predicted molar refractivity (Wildman–Crippen MR) is 102 cm³/mol. The second-order valence-electron chi connectivity index (χ2n) is 6.97. The fourth-order valence-electron chi connectivity index (χ4n) is 3.35. The van der Waals surface area contributed by atoms with Crippen LogP contribution >= 0.6 is 0 Å². The van der Waals surface area contributed by atoms with Gasteiger partial charge in [0.15, 0.2) is 15.9 Å². The number of carbonyl (C=O) groups is 2. The molecular weight excluding hydrogens is 398 g/mol. The quantitative estimate of drug-likeness (QED) is 0.672. The monoisotopic (exact) mass is 419 g/mol. The lowest BCUT2D eigenvalue weighted by Crippen LogP contribution is -2.44. The van der Waals surface area contributed by atoms with E-state index in [1.165, 1.54) is 25.8 Å². The van der Waals surface area contributed by atoms with E-state index in [9.17, 15) is 23.3 Å². The summed E-state index contributed by atoms with van der Waals surface area (Å²) < 4.78 is 35.7. The Morgan fingerprint density at radius 1 is 1.38 bits per heavy atom. The molecule has 10 heteroatoms. The zero-order valence-corrected chi connectivity index (χ0v) is 17.1. The molecule has 1 amide bonds. The summed E-state index contributed by atoms with van der Waals surface area (Å²) in [6.07, 6.45) is 2.55. The molecule has 1 saturated heterocycles. The van der Waals surface area contributed by atoms with Crippen molar-refractivity contribution < 1.29 is 27.2 Å². The number of likely N-dealkylation sites (N-methyl/N-ethyl adjacent to an activating group) is 1. The van der Waals surface area contributed by atoms with Gasteiger partial charge in [-0.25, -0.2) is 13.2 Å². The third-order valence-electron chi connectivity index (χ3n) is 4.96. The molecule has 1 fully saturated rings. The highest BCUT2D eigenvalue weighted by Gasteiger charge is 2.36. The van der Waals surface area contributed by atoms with Crippen molar-refractivity contribution in [1.29, 1.82) is 5.26 Å². The van der Waals surface area contributed by atoms with Crippen LogP contribution in [-0.4, -0.2) is 60.5 Å². The van der Waals surface area contributed by atoms with Crippen LogP contribution in [0.5, 0.6) is 0 Å². The van der Waals surface area contributed by atoms with Gasteiger partial charge in [0.1, 0.15) is 23.0 Å². The summed E-state index contributed by atoms with van der Waals surface area (Å²) in [5.41, 5.74) is -0.0273. The Morgan fingerprint density at radius 3 is 2.59 bits per heavy atom. The van der Waals surface area contributed by atoms with Gasteiger partial charge in [-0.15, -0.1) is 0 Å². The molecule has 3 heterocycles. The number of aromatic nitrogens is 1. The minimum absolute atomic E-state index is 0.0126. The number of aryl methyl sites for hydroxylation is 1. The number of esters is 1. The maximum atomic E-state index is 12.7. The minimum Gasteiger partial charge on any atom is -0.449 e. The van der Waals surface area contributed by atoms with Crippen LogP contribution in [0.25, 0.3) is 5.88 Å². The third-order valence-corrected chi connectivity index (χ3v) is 6.71. The maximum absolute atomic E-state index is 12.7. The molecule has 0 radical (unpaired) electrons. The number of amides is 1. The van der Waals surface area contributed by atoms with E-state index in [1.807, 2.05) is 6.07 Å². The van der Waals surface area contributed by atoms with E-state index in [4.69, 9.17) is 9.15 Å². The molecule has 9 nitrogen and oxygen atoms in total. The van der Waals surface area contributed by atoms with Gasteiger partial charge in [-0.1, -0.05) is 0 Å². The Morgan fingerprint density at radius 2 is 2.03 bits per heavy atom. The van der Waals surface area contributed by atoms with Crippen molar-refractivity contribution in [1.82, 2.24) is 9.47 Å². The molecule has 0 bridgehead atoms. The summed E-state index contributed by atoms with van der Waals surface area (Å²) in [7, 11) is -1.66. The first-order valence-electron chi connectivity index (χ1n) is 8.99. The first-order chi connectivity index (χ1) is 13.6. The van der Waals surface area contributed by atoms with E-state index in [0.29, 0.717) is 6.42 Å². The summed E-state index contributed by atoms with van der Waals surface area (Å²) in [5, 5.41) is 9.52. The molecule has 0 aliphatic carbocycles. The maximum Gasteiger partial charge on any atom is 0.343 e. The van der Waals surface area contributed by atoms with E-state index in [-0.39, 0.29) is 34.3 Å². The molecule has 0 saturated carbocycles. The number of rotatable bonds is 5. The van der Waals surface area contributed by atoms with Gasteiger partial charge in [0.05, 0.1) is 11.5 Å². The van der Waals surface area contributed by atoms with Crippen molar-refractivity contribution in [2.45, 2.75) is 32.4 Å². The van der Waals surface area contributed by atoms with Crippen LogP contribution < -0.4 is 0 Å². The Balaban J connectivity index is 1.76. The number of sulfone groups is 1. The minimum atomic E-state index is -3.15. The van der Waals surface area contributed by atoms with Crippen LogP contribution in [0.3, 0.4) is 0 Å². The Hall–Kier alpha value is -3.06. The van der Waals surface area contributed by atoms with E-state index in [0.717, 1.165) is 0 Å². The number of ether oxygens (including phenoxy) is 1. The van der Waals surface area contributed by atoms with Gasteiger partial charge >= 0.3 is 5.97 Å². The number of hydrogen-bond acceptors (Lipinski definition) is 7. The number of hydrogen-bond donors (Lipinski definition) is 0. The summed E-state index contributed by atoms with van der Waals surface area (Å²) in [6, 6.07) is 5.00. The van der Waals surface area contributed by atoms with Gasteiger partial charge in [0, 0.05) is 25.5 Å². The molecule has 2 aromatic rings. The van der Waals surface area contributed by atoms with Crippen LogP contribution in [0.2, 0.25) is 0 Å². The molecule has 29 heavy (non-hydrogen) atoms. The Bertz CT molecular complexity index is 1080. The first kappa shape index (κ1) is 20.7. The highest BCUT2D eigenvalue weighted by Crippen LogP contribution is 2.26. The zero-order valence-electron chi connectivity index (χ0n) is 16.3. The van der Waals surface area contributed by atoms with Gasteiger partial charge in [-0.05, 0) is 32.4 Å². The highest BCUT2D eigenvalue weighted by molar-refractivity contribution is 7.91. The number of carbonyl (C=O) groups excluding carboxylic acids is 2. The number of furan rings is 1. The smallest absolute Gasteiger partial charge is 0.343 e. The molecule has 0 aromatic carbocycles. The third kappa shape index (κ3) is 4.05. The fourth-order valence-corrected chi connectivity index (χ4v) is 5.12. The van der Waals surface area contributed by atoms with Gasteiger partial charge in [0.2, 0.25) is 5.88 Å². The second kappa shape index (κ2) is 7.75. The standard InChI is InChI=1S/C19H21N3O6S/c1-12-16(15(10-20)18(27-12)22-7-4-5-8-22)19(24)28-13(2)17(23)21(3)14-6-9-29(25,26)11-14/h4-5,7-8,13-14H,6,9,11H2,1-3H3/t13-,14-/m0/s1. The lowest BCUT2D eigenvalue weighted by atomic mass is 10.1. The molecule has 3 rings (SSSR count). The highest BCUT2D eigenvalue weighted by atomic mass is 32.2. The molecule has 1 aliphatic heterocycles. The van der Waals surface area contributed by atoms with Gasteiger partial charge < -0.3 is 14.1 Å². The molecule has 0 N–H and O–H groups in total. The summed E-state index contributed by atoms with van der Waals surface area (Å²) in [6.45, 7) is 2.95. The predicted octanol–water partition coefficient (Wildman–Crippen LogP) is 1.44. The SMILES string of the molecule is Cc1oc(-n2cccc2)c(C#N)c1C(=O)O[C@@H](C)C(=O)N(C)[C@H]1CCS(=O)(=O)C1.